The lowest BCUT2D eigenvalue weighted by atomic mass is 9.68. The smallest absolute Gasteiger partial charge is 0.264 e. The van der Waals surface area contributed by atoms with Gasteiger partial charge in [0, 0.05) is 35.5 Å². The van der Waals surface area contributed by atoms with Gasteiger partial charge in [-0.05, 0) is 92.2 Å². The van der Waals surface area contributed by atoms with Crippen molar-refractivity contribution < 1.29 is 43.2 Å². The number of ketones is 9. The number of rotatable bonds is 3. The molecule has 0 spiro atoms. The van der Waals surface area contributed by atoms with Crippen molar-refractivity contribution in [3.8, 4) is 0 Å². The van der Waals surface area contributed by atoms with E-state index in [1.54, 1.807) is 0 Å². The van der Waals surface area contributed by atoms with E-state index in [1.807, 2.05) is 0 Å². The maximum atomic E-state index is 12.6. The van der Waals surface area contributed by atoms with E-state index in [4.69, 9.17) is 0 Å². The van der Waals surface area contributed by atoms with E-state index in [-0.39, 0.29) is 17.8 Å². The largest absolute Gasteiger partial charge is 0.290 e. The standard InChI is InChI=1S/C33H30O9/c34-25-19-4-1-13(10-22(19)28(37)31(25)40)16-7-17(14-2-5-20-23(11-14)29(38)32(41)26(20)35)9-18(8-16)15-3-6-21-24(12-15)30(39)33(42)27(21)36/h7-9,13-15,19-24H,1-6,10-12H2. The molecule has 6 aliphatic rings. The molecule has 0 radical (unpaired) electrons. The minimum atomic E-state index is -0.899. The van der Waals surface area contributed by atoms with Crippen LogP contribution in [0.15, 0.2) is 18.2 Å². The van der Waals surface area contributed by atoms with Gasteiger partial charge < -0.3 is 0 Å². The molecule has 0 heterocycles. The van der Waals surface area contributed by atoms with Gasteiger partial charge in [0.25, 0.3) is 17.3 Å². The molecule has 9 atom stereocenters. The van der Waals surface area contributed by atoms with Crippen molar-refractivity contribution >= 4 is 52.0 Å². The van der Waals surface area contributed by atoms with E-state index < -0.39 is 87.6 Å². The van der Waals surface area contributed by atoms with E-state index in [0.717, 1.165) is 16.7 Å². The Morgan fingerprint density at radius 1 is 0.333 bits per heavy atom. The van der Waals surface area contributed by atoms with Gasteiger partial charge in [-0.15, -0.1) is 0 Å². The zero-order valence-electron chi connectivity index (χ0n) is 23.0. The maximum Gasteiger partial charge on any atom is 0.264 e. The lowest BCUT2D eigenvalue weighted by Crippen LogP contribution is -2.28. The molecular weight excluding hydrogens is 540 g/mol. The second-order valence-corrected chi connectivity index (χ2v) is 13.3. The van der Waals surface area contributed by atoms with Crippen LogP contribution < -0.4 is 0 Å². The molecule has 0 N–H and O–H groups in total. The molecule has 1 aromatic rings. The summed E-state index contributed by atoms with van der Waals surface area (Å²) < 4.78 is 0. The monoisotopic (exact) mass is 570 g/mol. The van der Waals surface area contributed by atoms with E-state index in [0.29, 0.717) is 57.8 Å². The SMILES string of the molecule is O=C1C(=O)C2CCC(c3cc(C4CCC5C(=O)C(=O)C(=O)C5C4)cc(C4CCC5C(=O)C(=O)C(=O)C5C4)c3)CC2C1=O. The van der Waals surface area contributed by atoms with Gasteiger partial charge >= 0.3 is 0 Å². The highest BCUT2D eigenvalue weighted by Crippen LogP contribution is 2.49. The molecule has 216 valence electrons. The van der Waals surface area contributed by atoms with Gasteiger partial charge in [-0.1, -0.05) is 18.2 Å². The van der Waals surface area contributed by atoms with Gasteiger partial charge in [-0.3, -0.25) is 43.2 Å². The van der Waals surface area contributed by atoms with Gasteiger partial charge in [0.1, 0.15) is 0 Å². The molecule has 6 saturated carbocycles. The van der Waals surface area contributed by atoms with E-state index >= 15 is 0 Å². The number of hydrogen-bond acceptors (Lipinski definition) is 9. The highest BCUT2D eigenvalue weighted by atomic mass is 16.2. The van der Waals surface area contributed by atoms with Crippen molar-refractivity contribution in [1.82, 2.24) is 0 Å². The lowest BCUT2D eigenvalue weighted by Gasteiger charge is -2.34. The van der Waals surface area contributed by atoms with Gasteiger partial charge in [-0.25, -0.2) is 0 Å². The first-order valence-electron chi connectivity index (χ1n) is 15.1. The van der Waals surface area contributed by atoms with Gasteiger partial charge in [0.2, 0.25) is 34.7 Å². The molecule has 0 aliphatic heterocycles. The Hall–Kier alpha value is -3.75. The third-order valence-corrected chi connectivity index (χ3v) is 11.3. The van der Waals surface area contributed by atoms with Crippen LogP contribution in [0.25, 0.3) is 0 Å². The topological polar surface area (TPSA) is 154 Å². The Kier molecular flexibility index (Phi) is 6.22. The summed E-state index contributed by atoms with van der Waals surface area (Å²) in [6.07, 6.45) is 4.39. The second-order valence-electron chi connectivity index (χ2n) is 13.3. The molecule has 7 rings (SSSR count). The van der Waals surface area contributed by atoms with Crippen molar-refractivity contribution in [1.29, 1.82) is 0 Å². The third kappa shape index (κ3) is 3.92. The Bertz CT molecular complexity index is 1350. The highest BCUT2D eigenvalue weighted by Gasteiger charge is 2.53. The number of carbonyl (C=O) groups is 9. The average Bonchev–Trinajstić information content (AvgIpc) is 3.47. The second kappa shape index (κ2) is 9.64. The van der Waals surface area contributed by atoms with Crippen molar-refractivity contribution in [2.75, 3.05) is 0 Å². The Balaban J connectivity index is 1.22. The van der Waals surface area contributed by atoms with Crippen LogP contribution in [0.5, 0.6) is 0 Å². The molecule has 0 amide bonds. The lowest BCUT2D eigenvalue weighted by molar-refractivity contribution is -0.141. The minimum absolute atomic E-state index is 0.0761. The molecule has 0 saturated heterocycles. The fraction of sp³-hybridized carbons (Fsp3) is 0.545. The summed E-state index contributed by atoms with van der Waals surface area (Å²) in [5, 5.41) is 0. The maximum absolute atomic E-state index is 12.6. The van der Waals surface area contributed by atoms with Gasteiger partial charge in [0.15, 0.2) is 0 Å². The van der Waals surface area contributed by atoms with Crippen molar-refractivity contribution in [2.45, 2.75) is 75.5 Å². The molecule has 0 aromatic heterocycles. The highest BCUT2D eigenvalue weighted by molar-refractivity contribution is 6.69. The Morgan fingerprint density at radius 3 is 0.833 bits per heavy atom. The Morgan fingerprint density at radius 2 is 0.571 bits per heavy atom. The number of hydrogen-bond donors (Lipinski definition) is 0. The molecule has 9 heteroatoms. The van der Waals surface area contributed by atoms with Crippen LogP contribution in [0, 0.1) is 35.5 Å². The molecule has 9 nitrogen and oxygen atoms in total. The molecule has 9 unspecified atom stereocenters. The van der Waals surface area contributed by atoms with Crippen LogP contribution in [-0.4, -0.2) is 52.0 Å². The van der Waals surface area contributed by atoms with Crippen molar-refractivity contribution in [3.05, 3.63) is 34.9 Å². The Labute approximate surface area is 241 Å². The summed E-state index contributed by atoms with van der Waals surface area (Å²) in [4.78, 5) is 111. The van der Waals surface area contributed by atoms with E-state index in [9.17, 15) is 43.2 Å². The molecule has 1 aromatic carbocycles. The summed E-state index contributed by atoms with van der Waals surface area (Å²) in [5.41, 5.74) is 2.87. The number of carbonyl (C=O) groups excluding carboxylic acids is 9. The van der Waals surface area contributed by atoms with Crippen molar-refractivity contribution in [3.63, 3.8) is 0 Å². The first kappa shape index (κ1) is 27.1. The first-order chi connectivity index (χ1) is 20.0. The van der Waals surface area contributed by atoms with Gasteiger partial charge in [-0.2, -0.15) is 0 Å². The average molecular weight is 571 g/mol. The fourth-order valence-electron chi connectivity index (χ4n) is 9.01. The van der Waals surface area contributed by atoms with Crippen molar-refractivity contribution in [2.24, 2.45) is 35.5 Å². The molecule has 0 bridgehead atoms. The van der Waals surface area contributed by atoms with Crippen LogP contribution in [0.1, 0.15) is 92.2 Å². The number of fused-ring (bicyclic) bond motifs is 3. The fourth-order valence-corrected chi connectivity index (χ4v) is 9.01. The quantitative estimate of drug-likeness (QED) is 0.498. The zero-order valence-corrected chi connectivity index (χ0v) is 23.0. The first-order valence-corrected chi connectivity index (χ1v) is 15.1. The van der Waals surface area contributed by atoms with Crippen LogP contribution in [0.3, 0.4) is 0 Å². The summed E-state index contributed by atoms with van der Waals surface area (Å²) in [5.74, 6) is -10.0. The predicted molar refractivity (Wildman–Crippen MR) is 142 cm³/mol. The summed E-state index contributed by atoms with van der Waals surface area (Å²) in [6.45, 7) is 0. The molecule has 42 heavy (non-hydrogen) atoms. The predicted octanol–water partition coefficient (Wildman–Crippen LogP) is 2.35. The number of Topliss-reactive ketones (excluding diaryl/α,β-unsaturated/α-hetero) is 9. The molecule has 6 fully saturated rings. The van der Waals surface area contributed by atoms with Gasteiger partial charge in [0.05, 0.1) is 0 Å². The van der Waals surface area contributed by atoms with E-state index in [1.165, 1.54) is 0 Å². The van der Waals surface area contributed by atoms with Crippen LogP contribution in [0.2, 0.25) is 0 Å². The zero-order chi connectivity index (χ0) is 29.6. The number of benzene rings is 1. The van der Waals surface area contributed by atoms with Crippen LogP contribution in [0.4, 0.5) is 0 Å². The van der Waals surface area contributed by atoms with Crippen LogP contribution >= 0.6 is 0 Å². The van der Waals surface area contributed by atoms with Crippen LogP contribution in [-0.2, 0) is 43.2 Å². The normalized spacial score (nSPS) is 38.3. The summed E-state index contributed by atoms with van der Waals surface area (Å²) in [6, 6.07) is 6.18. The summed E-state index contributed by atoms with van der Waals surface area (Å²) in [7, 11) is 0. The molecule has 6 aliphatic carbocycles. The third-order valence-electron chi connectivity index (χ3n) is 11.3. The molecular formula is C33H30O9. The minimum Gasteiger partial charge on any atom is -0.290 e. The van der Waals surface area contributed by atoms with E-state index in [2.05, 4.69) is 18.2 Å². The summed E-state index contributed by atoms with van der Waals surface area (Å²) >= 11 is 0.